The van der Waals surface area contributed by atoms with Crippen LogP contribution in [0.5, 0.6) is 0 Å². The van der Waals surface area contributed by atoms with Gasteiger partial charge in [0, 0.05) is 9.85 Å². The molecule has 0 saturated heterocycles. The van der Waals surface area contributed by atoms with Crippen molar-refractivity contribution >= 4 is 38.3 Å². The quantitative estimate of drug-likeness (QED) is 0.503. The van der Waals surface area contributed by atoms with Gasteiger partial charge in [-0.1, -0.05) is 12.1 Å². The van der Waals surface area contributed by atoms with Gasteiger partial charge in [-0.25, -0.2) is 15.8 Å². The van der Waals surface area contributed by atoms with Crippen molar-refractivity contribution in [3.8, 4) is 0 Å². The number of carbonyl (C=O) groups excluding carboxylic acids is 1. The maximum Gasteiger partial charge on any atom is 0.434 e. The summed E-state index contributed by atoms with van der Waals surface area (Å²) in [5, 5.41) is 1.18. The summed E-state index contributed by atoms with van der Waals surface area (Å²) in [6, 6.07) is 6.45. The minimum atomic E-state index is -4.56. The largest absolute Gasteiger partial charge is 0.434 e. The summed E-state index contributed by atoms with van der Waals surface area (Å²) in [5.74, 6) is 4.89. The second-order valence-electron chi connectivity index (χ2n) is 3.67. The number of hydrogen-bond acceptors (Lipinski definition) is 4. The molecule has 0 unspecified atom stereocenters. The molecule has 1 amide bonds. The van der Waals surface area contributed by atoms with Crippen LogP contribution in [0.25, 0.3) is 0 Å². The SMILES string of the molecule is NN(C(=O)c1ccccc1Br)c1nc(C(F)(F)F)cs1. The van der Waals surface area contributed by atoms with Crippen molar-refractivity contribution in [1.29, 1.82) is 0 Å². The number of anilines is 1. The van der Waals surface area contributed by atoms with Crippen LogP contribution in [-0.2, 0) is 6.18 Å². The number of hydrogen-bond donors (Lipinski definition) is 1. The van der Waals surface area contributed by atoms with Crippen molar-refractivity contribution in [1.82, 2.24) is 4.98 Å². The van der Waals surface area contributed by atoms with E-state index < -0.39 is 17.8 Å². The van der Waals surface area contributed by atoms with E-state index in [1.807, 2.05) is 0 Å². The molecule has 2 aromatic rings. The molecule has 0 atom stereocenters. The molecule has 0 aliphatic carbocycles. The molecule has 2 N–H and O–H groups in total. The number of hydrazine groups is 1. The van der Waals surface area contributed by atoms with Crippen LogP contribution in [-0.4, -0.2) is 10.9 Å². The molecule has 0 aliphatic heterocycles. The van der Waals surface area contributed by atoms with Crippen molar-refractivity contribution in [2.45, 2.75) is 6.18 Å². The first-order chi connectivity index (χ1) is 9.30. The van der Waals surface area contributed by atoms with E-state index in [2.05, 4.69) is 20.9 Å². The number of carbonyl (C=O) groups is 1. The Labute approximate surface area is 124 Å². The van der Waals surface area contributed by atoms with Gasteiger partial charge in [0.25, 0.3) is 5.91 Å². The standard InChI is InChI=1S/C11H7BrF3N3OS/c12-7-4-2-1-3-6(7)9(19)18(16)10-17-8(5-20-10)11(13,14)15/h1-5H,16H2. The summed E-state index contributed by atoms with van der Waals surface area (Å²) in [5.41, 5.74) is -0.841. The fraction of sp³-hybridized carbons (Fsp3) is 0.0909. The second kappa shape index (κ2) is 5.51. The predicted octanol–water partition coefficient (Wildman–Crippen LogP) is 3.44. The Morgan fingerprint density at radius 2 is 2.00 bits per heavy atom. The van der Waals surface area contributed by atoms with E-state index in [1.54, 1.807) is 18.2 Å². The highest BCUT2D eigenvalue weighted by atomic mass is 79.9. The van der Waals surface area contributed by atoms with Crippen LogP contribution >= 0.6 is 27.3 Å². The molecule has 0 spiro atoms. The average molecular weight is 366 g/mol. The molecule has 9 heteroatoms. The van der Waals surface area contributed by atoms with Crippen molar-refractivity contribution in [2.24, 2.45) is 5.84 Å². The molecule has 0 bridgehead atoms. The Hall–Kier alpha value is -1.45. The number of benzene rings is 1. The molecule has 1 heterocycles. The minimum Gasteiger partial charge on any atom is -0.267 e. The van der Waals surface area contributed by atoms with Gasteiger partial charge in [0.15, 0.2) is 5.69 Å². The Bertz CT molecular complexity index is 644. The normalized spacial score (nSPS) is 11.4. The lowest BCUT2D eigenvalue weighted by Gasteiger charge is -2.14. The number of aromatic nitrogens is 1. The predicted molar refractivity (Wildman–Crippen MR) is 72.3 cm³/mol. The van der Waals surface area contributed by atoms with Crippen molar-refractivity contribution in [3.05, 3.63) is 45.4 Å². The topological polar surface area (TPSA) is 59.2 Å². The van der Waals surface area contributed by atoms with E-state index >= 15 is 0 Å². The van der Waals surface area contributed by atoms with Crippen LogP contribution in [0.3, 0.4) is 0 Å². The van der Waals surface area contributed by atoms with E-state index in [-0.39, 0.29) is 10.7 Å². The van der Waals surface area contributed by atoms with E-state index in [1.165, 1.54) is 6.07 Å². The van der Waals surface area contributed by atoms with Crippen LogP contribution in [0.1, 0.15) is 16.1 Å². The summed E-state index contributed by atoms with van der Waals surface area (Å²) in [7, 11) is 0. The first-order valence-corrected chi connectivity index (χ1v) is 6.84. The fourth-order valence-corrected chi connectivity index (χ4v) is 2.56. The Balaban J connectivity index is 2.28. The number of amides is 1. The number of nitrogens with zero attached hydrogens (tertiary/aromatic N) is 2. The van der Waals surface area contributed by atoms with E-state index in [9.17, 15) is 18.0 Å². The van der Waals surface area contributed by atoms with Crippen LogP contribution < -0.4 is 10.9 Å². The molecule has 0 radical (unpaired) electrons. The number of nitrogens with two attached hydrogens (primary N) is 1. The van der Waals surface area contributed by atoms with Gasteiger partial charge < -0.3 is 0 Å². The van der Waals surface area contributed by atoms with Crippen LogP contribution in [0.2, 0.25) is 0 Å². The van der Waals surface area contributed by atoms with Crippen LogP contribution in [0.4, 0.5) is 18.3 Å². The minimum absolute atomic E-state index is 0.224. The number of alkyl halides is 3. The molecule has 0 saturated carbocycles. The van der Waals surface area contributed by atoms with Gasteiger partial charge in [0.1, 0.15) is 0 Å². The summed E-state index contributed by atoms with van der Waals surface area (Å²) in [6.45, 7) is 0. The zero-order valence-corrected chi connectivity index (χ0v) is 12.1. The van der Waals surface area contributed by atoms with Crippen molar-refractivity contribution in [2.75, 3.05) is 5.01 Å². The Morgan fingerprint density at radius 3 is 2.55 bits per heavy atom. The molecule has 0 fully saturated rings. The monoisotopic (exact) mass is 365 g/mol. The van der Waals surface area contributed by atoms with Gasteiger partial charge in [-0.3, -0.25) is 4.79 Å². The lowest BCUT2D eigenvalue weighted by molar-refractivity contribution is -0.140. The Kier molecular flexibility index (Phi) is 4.11. The first kappa shape index (κ1) is 14.9. The molecular formula is C11H7BrF3N3OS. The molecule has 4 nitrogen and oxygen atoms in total. The van der Waals surface area contributed by atoms with Gasteiger partial charge in [-0.05, 0) is 28.1 Å². The molecule has 2 rings (SSSR count). The molecular weight excluding hydrogens is 359 g/mol. The zero-order valence-electron chi connectivity index (χ0n) is 9.69. The third-order valence-corrected chi connectivity index (χ3v) is 3.84. The van der Waals surface area contributed by atoms with Crippen LogP contribution in [0.15, 0.2) is 34.1 Å². The molecule has 20 heavy (non-hydrogen) atoms. The van der Waals surface area contributed by atoms with E-state index in [0.717, 1.165) is 5.38 Å². The summed E-state index contributed by atoms with van der Waals surface area (Å²) in [4.78, 5) is 15.4. The maximum absolute atomic E-state index is 12.4. The van der Waals surface area contributed by atoms with Gasteiger partial charge in [-0.15, -0.1) is 11.3 Å². The summed E-state index contributed by atoms with van der Waals surface area (Å²) in [6.07, 6.45) is -4.56. The Morgan fingerprint density at radius 1 is 1.35 bits per heavy atom. The molecule has 1 aromatic carbocycles. The van der Waals surface area contributed by atoms with Gasteiger partial charge in [-0.2, -0.15) is 13.2 Å². The number of halogens is 4. The van der Waals surface area contributed by atoms with Gasteiger partial charge >= 0.3 is 6.18 Å². The van der Waals surface area contributed by atoms with Gasteiger partial charge in [0.05, 0.1) is 5.56 Å². The molecule has 106 valence electrons. The highest BCUT2D eigenvalue weighted by molar-refractivity contribution is 9.10. The smallest absolute Gasteiger partial charge is 0.267 e. The van der Waals surface area contributed by atoms with Crippen molar-refractivity contribution < 1.29 is 18.0 Å². The third kappa shape index (κ3) is 3.00. The zero-order chi connectivity index (χ0) is 14.9. The van der Waals surface area contributed by atoms with Crippen LogP contribution in [0, 0.1) is 0 Å². The highest BCUT2D eigenvalue weighted by Gasteiger charge is 2.34. The second-order valence-corrected chi connectivity index (χ2v) is 5.36. The first-order valence-electron chi connectivity index (χ1n) is 5.17. The molecule has 0 aliphatic rings. The maximum atomic E-state index is 12.4. The third-order valence-electron chi connectivity index (χ3n) is 2.31. The lowest BCUT2D eigenvalue weighted by Crippen LogP contribution is -2.37. The number of thiazole rings is 1. The number of rotatable bonds is 2. The van der Waals surface area contributed by atoms with Gasteiger partial charge in [0.2, 0.25) is 5.13 Å². The fourth-order valence-electron chi connectivity index (χ4n) is 1.36. The highest BCUT2D eigenvalue weighted by Crippen LogP contribution is 2.32. The van der Waals surface area contributed by atoms with E-state index in [0.29, 0.717) is 20.8 Å². The lowest BCUT2D eigenvalue weighted by atomic mass is 10.2. The molecule has 1 aromatic heterocycles. The summed E-state index contributed by atoms with van der Waals surface area (Å²) < 4.78 is 37.8. The summed E-state index contributed by atoms with van der Waals surface area (Å²) >= 11 is 3.82. The van der Waals surface area contributed by atoms with Crippen molar-refractivity contribution in [3.63, 3.8) is 0 Å². The van der Waals surface area contributed by atoms with E-state index in [4.69, 9.17) is 5.84 Å². The average Bonchev–Trinajstić information content (AvgIpc) is 2.87.